The summed E-state index contributed by atoms with van der Waals surface area (Å²) in [4.78, 5) is 14.5. The topological polar surface area (TPSA) is 72.6 Å². The number of anilines is 1. The quantitative estimate of drug-likeness (QED) is 0.574. The molecule has 0 saturated heterocycles. The summed E-state index contributed by atoms with van der Waals surface area (Å²) in [6, 6.07) is 19.4. The van der Waals surface area contributed by atoms with Crippen molar-refractivity contribution >= 4 is 17.3 Å². The van der Waals surface area contributed by atoms with Gasteiger partial charge in [-0.3, -0.25) is 19.7 Å². The number of hydrazine groups is 1. The Morgan fingerprint density at radius 2 is 1.89 bits per heavy atom. The van der Waals surface area contributed by atoms with E-state index in [1.54, 1.807) is 11.2 Å². The molecule has 0 fully saturated rings. The number of pyridine rings is 1. The number of nitrogens with one attached hydrogen (secondary N) is 1. The standard InChI is InChI=1S/C20H21ClN4O2/c1-25(24-27-14-18-4-2-3-11-23-18)19-8-5-15(6-9-19)20-10-7-17(21)12-16(20)13-26-22/h2-12,24H,13-14,22H2,1H3. The Labute approximate surface area is 163 Å². The fourth-order valence-corrected chi connectivity index (χ4v) is 2.85. The molecule has 0 spiro atoms. The Hall–Kier alpha value is -2.48. The molecule has 0 aliphatic heterocycles. The summed E-state index contributed by atoms with van der Waals surface area (Å²) >= 11 is 6.07. The Morgan fingerprint density at radius 3 is 2.59 bits per heavy atom. The van der Waals surface area contributed by atoms with Gasteiger partial charge in [0.2, 0.25) is 0 Å². The second-order valence-corrected chi connectivity index (χ2v) is 6.36. The van der Waals surface area contributed by atoms with E-state index >= 15 is 0 Å². The third-order valence-electron chi connectivity index (χ3n) is 4.02. The summed E-state index contributed by atoms with van der Waals surface area (Å²) < 4.78 is 0. The van der Waals surface area contributed by atoms with Crippen LogP contribution in [0.3, 0.4) is 0 Å². The molecule has 7 heteroatoms. The van der Waals surface area contributed by atoms with E-state index < -0.39 is 0 Å². The van der Waals surface area contributed by atoms with Gasteiger partial charge in [0.15, 0.2) is 0 Å². The minimum Gasteiger partial charge on any atom is -0.300 e. The molecule has 3 aromatic rings. The van der Waals surface area contributed by atoms with Gasteiger partial charge in [-0.2, -0.15) is 0 Å². The molecule has 1 heterocycles. The summed E-state index contributed by atoms with van der Waals surface area (Å²) in [6.07, 6.45) is 1.74. The first-order chi connectivity index (χ1) is 13.2. The first kappa shape index (κ1) is 19.3. The molecule has 0 atom stereocenters. The zero-order valence-corrected chi connectivity index (χ0v) is 15.7. The molecule has 3 rings (SSSR count). The maximum atomic E-state index is 6.07. The number of nitrogens with zero attached hydrogens (tertiary/aromatic N) is 2. The van der Waals surface area contributed by atoms with Gasteiger partial charge >= 0.3 is 0 Å². The van der Waals surface area contributed by atoms with Crippen LogP contribution in [0.15, 0.2) is 66.9 Å². The monoisotopic (exact) mass is 384 g/mol. The van der Waals surface area contributed by atoms with Crippen molar-refractivity contribution in [3.63, 3.8) is 0 Å². The molecular formula is C20H21ClN4O2. The van der Waals surface area contributed by atoms with Gasteiger partial charge in [0.25, 0.3) is 0 Å². The van der Waals surface area contributed by atoms with Crippen LogP contribution in [0.4, 0.5) is 5.69 Å². The highest BCUT2D eigenvalue weighted by atomic mass is 35.5. The van der Waals surface area contributed by atoms with Gasteiger partial charge in [0, 0.05) is 18.3 Å². The largest absolute Gasteiger partial charge is 0.300 e. The van der Waals surface area contributed by atoms with Crippen LogP contribution in [0, 0.1) is 0 Å². The lowest BCUT2D eigenvalue weighted by molar-refractivity contribution is 0.0224. The maximum Gasteiger partial charge on any atom is 0.112 e. The van der Waals surface area contributed by atoms with Crippen molar-refractivity contribution in [2.75, 3.05) is 12.1 Å². The molecule has 140 valence electrons. The Kier molecular flexibility index (Phi) is 6.75. The molecule has 0 bridgehead atoms. The number of halogens is 1. The fraction of sp³-hybridized carbons (Fsp3) is 0.150. The van der Waals surface area contributed by atoms with E-state index in [0.29, 0.717) is 18.2 Å². The zero-order valence-electron chi connectivity index (χ0n) is 14.9. The van der Waals surface area contributed by atoms with Crippen LogP contribution in [0.1, 0.15) is 11.3 Å². The van der Waals surface area contributed by atoms with Crippen LogP contribution >= 0.6 is 11.6 Å². The summed E-state index contributed by atoms with van der Waals surface area (Å²) in [5, 5.41) is 2.44. The van der Waals surface area contributed by atoms with E-state index in [1.165, 1.54) is 0 Å². The molecule has 27 heavy (non-hydrogen) atoms. The molecule has 0 aliphatic carbocycles. The minimum atomic E-state index is 0.292. The van der Waals surface area contributed by atoms with E-state index in [9.17, 15) is 0 Å². The third-order valence-corrected chi connectivity index (χ3v) is 4.25. The van der Waals surface area contributed by atoms with Gasteiger partial charge in [0.1, 0.15) is 6.61 Å². The summed E-state index contributed by atoms with van der Waals surface area (Å²) in [6.45, 7) is 0.664. The zero-order chi connectivity index (χ0) is 19.1. The number of aromatic nitrogens is 1. The van der Waals surface area contributed by atoms with Crippen molar-refractivity contribution in [1.82, 2.24) is 10.6 Å². The molecule has 1 aromatic heterocycles. The Balaban J connectivity index is 1.64. The van der Waals surface area contributed by atoms with Crippen molar-refractivity contribution in [1.29, 1.82) is 0 Å². The molecule has 0 amide bonds. The lowest BCUT2D eigenvalue weighted by Gasteiger charge is -2.20. The summed E-state index contributed by atoms with van der Waals surface area (Å²) in [5.41, 5.74) is 7.69. The van der Waals surface area contributed by atoms with Crippen LogP contribution < -0.4 is 16.5 Å². The molecule has 0 radical (unpaired) electrons. The van der Waals surface area contributed by atoms with E-state index in [1.807, 2.05) is 67.7 Å². The highest BCUT2D eigenvalue weighted by Gasteiger charge is 2.08. The smallest absolute Gasteiger partial charge is 0.112 e. The fourth-order valence-electron chi connectivity index (χ4n) is 2.66. The second-order valence-electron chi connectivity index (χ2n) is 5.92. The molecule has 2 aromatic carbocycles. The van der Waals surface area contributed by atoms with Crippen molar-refractivity contribution < 1.29 is 9.68 Å². The maximum absolute atomic E-state index is 6.07. The summed E-state index contributed by atoms with van der Waals surface area (Å²) in [7, 11) is 1.88. The number of nitrogens with two attached hydrogens (primary N) is 1. The molecule has 0 saturated carbocycles. The van der Waals surface area contributed by atoms with Crippen molar-refractivity contribution in [3.8, 4) is 11.1 Å². The minimum absolute atomic E-state index is 0.292. The van der Waals surface area contributed by atoms with Gasteiger partial charge in [-0.25, -0.2) is 5.90 Å². The van der Waals surface area contributed by atoms with Gasteiger partial charge in [-0.05, 0) is 53.1 Å². The van der Waals surface area contributed by atoms with Gasteiger partial charge in [-0.1, -0.05) is 35.9 Å². The number of hydrogen-bond donors (Lipinski definition) is 2. The van der Waals surface area contributed by atoms with Crippen molar-refractivity contribution in [2.24, 2.45) is 5.90 Å². The predicted molar refractivity (Wildman–Crippen MR) is 106 cm³/mol. The first-order valence-corrected chi connectivity index (χ1v) is 8.77. The molecule has 0 aliphatic rings. The normalized spacial score (nSPS) is 10.8. The molecule has 0 unspecified atom stereocenters. The van der Waals surface area contributed by atoms with Crippen LogP contribution in [0.25, 0.3) is 11.1 Å². The molecule has 3 N–H and O–H groups in total. The van der Waals surface area contributed by atoms with E-state index in [4.69, 9.17) is 27.2 Å². The van der Waals surface area contributed by atoms with E-state index in [0.717, 1.165) is 28.1 Å². The van der Waals surface area contributed by atoms with Crippen LogP contribution in [0.5, 0.6) is 0 Å². The van der Waals surface area contributed by atoms with E-state index in [2.05, 4.69) is 10.6 Å². The van der Waals surface area contributed by atoms with Gasteiger partial charge in [0.05, 0.1) is 18.0 Å². The highest BCUT2D eigenvalue weighted by Crippen LogP contribution is 2.28. The first-order valence-electron chi connectivity index (χ1n) is 8.39. The predicted octanol–water partition coefficient (Wildman–Crippen LogP) is 3.86. The number of hydrogen-bond acceptors (Lipinski definition) is 6. The van der Waals surface area contributed by atoms with Gasteiger partial charge < -0.3 is 0 Å². The number of rotatable bonds is 8. The van der Waals surface area contributed by atoms with E-state index in [-0.39, 0.29) is 0 Å². The molecular weight excluding hydrogens is 364 g/mol. The SMILES string of the molecule is CN(NOCc1ccccn1)c1ccc(-c2ccc(Cl)cc2CON)cc1. The average Bonchev–Trinajstić information content (AvgIpc) is 2.69. The summed E-state index contributed by atoms with van der Waals surface area (Å²) in [5.74, 6) is 5.23. The van der Waals surface area contributed by atoms with Crippen LogP contribution in [0.2, 0.25) is 5.02 Å². The van der Waals surface area contributed by atoms with Crippen LogP contribution in [-0.2, 0) is 22.9 Å². The lowest BCUT2D eigenvalue weighted by Crippen LogP contribution is -2.34. The Bertz CT molecular complexity index is 860. The van der Waals surface area contributed by atoms with Gasteiger partial charge in [-0.15, -0.1) is 5.59 Å². The van der Waals surface area contributed by atoms with Crippen LogP contribution in [-0.4, -0.2) is 12.0 Å². The third kappa shape index (κ3) is 5.26. The van der Waals surface area contributed by atoms with Crippen molar-refractivity contribution in [3.05, 3.63) is 83.1 Å². The number of benzene rings is 2. The van der Waals surface area contributed by atoms with Crippen molar-refractivity contribution in [2.45, 2.75) is 13.2 Å². The highest BCUT2D eigenvalue weighted by molar-refractivity contribution is 6.30. The average molecular weight is 385 g/mol. The molecule has 6 nitrogen and oxygen atoms in total. The lowest BCUT2D eigenvalue weighted by atomic mass is 10.00. The Morgan fingerprint density at radius 1 is 1.07 bits per heavy atom. The second kappa shape index (κ2) is 9.45.